The van der Waals surface area contributed by atoms with E-state index in [0.29, 0.717) is 0 Å². The molecule has 5 nitrogen and oxygen atoms in total. The van der Waals surface area contributed by atoms with Gasteiger partial charge < -0.3 is 9.80 Å². The Morgan fingerprint density at radius 3 is 2.00 bits per heavy atom. The van der Waals surface area contributed by atoms with E-state index in [4.69, 9.17) is 0 Å². The number of piperazine rings is 1. The van der Waals surface area contributed by atoms with Crippen molar-refractivity contribution in [3.63, 3.8) is 0 Å². The van der Waals surface area contributed by atoms with Crippen LogP contribution in [0.25, 0.3) is 0 Å². The van der Waals surface area contributed by atoms with Crippen LogP contribution in [0.1, 0.15) is 28.9 Å². The molecular weight excluding hydrogens is 338 g/mol. The highest BCUT2D eigenvalue weighted by Gasteiger charge is 2.31. The van der Waals surface area contributed by atoms with Crippen molar-refractivity contribution in [3.05, 3.63) is 65.7 Å². The molecule has 0 unspecified atom stereocenters. The molecule has 2 aromatic rings. The van der Waals surface area contributed by atoms with Crippen LogP contribution in [0.4, 0.5) is 5.69 Å². The van der Waals surface area contributed by atoms with Gasteiger partial charge in [-0.2, -0.15) is 0 Å². The van der Waals surface area contributed by atoms with Gasteiger partial charge in [0, 0.05) is 51.5 Å². The zero-order valence-corrected chi connectivity index (χ0v) is 16.3. The number of hydrogen-bond donors (Lipinski definition) is 0. The van der Waals surface area contributed by atoms with Crippen LogP contribution in [0.15, 0.2) is 54.6 Å². The van der Waals surface area contributed by atoms with E-state index < -0.39 is 0 Å². The van der Waals surface area contributed by atoms with Crippen LogP contribution in [-0.2, 0) is 4.79 Å². The molecule has 5 heteroatoms. The van der Waals surface area contributed by atoms with Gasteiger partial charge in [0.15, 0.2) is 5.78 Å². The fraction of sp³-hybridized carbons (Fsp3) is 0.364. The van der Waals surface area contributed by atoms with Gasteiger partial charge in [0.25, 0.3) is 0 Å². The van der Waals surface area contributed by atoms with Crippen LogP contribution in [-0.4, -0.2) is 61.8 Å². The Morgan fingerprint density at radius 2 is 1.48 bits per heavy atom. The van der Waals surface area contributed by atoms with Crippen molar-refractivity contribution in [2.75, 3.05) is 45.2 Å². The Labute approximate surface area is 161 Å². The summed E-state index contributed by atoms with van der Waals surface area (Å²) in [5.74, 6) is 0.194. The molecule has 1 aliphatic rings. The monoisotopic (exact) mass is 365 g/mol. The Hall–Kier alpha value is -2.66. The molecule has 3 rings (SSSR count). The average Bonchev–Trinajstić information content (AvgIpc) is 2.69. The fourth-order valence-corrected chi connectivity index (χ4v) is 3.53. The highest BCUT2D eigenvalue weighted by atomic mass is 16.2. The number of amides is 1. The molecule has 0 aromatic heterocycles. The van der Waals surface area contributed by atoms with Crippen LogP contribution in [0, 0.1) is 0 Å². The molecular formula is C22H27N3O2. The minimum absolute atomic E-state index is 0.0827. The molecule has 1 amide bonds. The van der Waals surface area contributed by atoms with Gasteiger partial charge >= 0.3 is 0 Å². The molecule has 1 heterocycles. The summed E-state index contributed by atoms with van der Waals surface area (Å²) in [5, 5.41) is 0. The van der Waals surface area contributed by atoms with E-state index >= 15 is 0 Å². The second-order valence-electron chi connectivity index (χ2n) is 7.17. The number of anilines is 1. The predicted octanol–water partition coefficient (Wildman–Crippen LogP) is 2.84. The van der Waals surface area contributed by atoms with Crippen LogP contribution < -0.4 is 4.90 Å². The Bertz CT molecular complexity index is 779. The number of benzene rings is 2. The van der Waals surface area contributed by atoms with E-state index in [-0.39, 0.29) is 17.7 Å². The van der Waals surface area contributed by atoms with E-state index in [9.17, 15) is 9.59 Å². The largest absolute Gasteiger partial charge is 0.369 e. The zero-order chi connectivity index (χ0) is 19.4. The van der Waals surface area contributed by atoms with E-state index in [2.05, 4.69) is 9.80 Å². The maximum atomic E-state index is 12.8. The maximum absolute atomic E-state index is 12.8. The van der Waals surface area contributed by atoms with E-state index in [0.717, 1.165) is 43.0 Å². The molecule has 2 aromatic carbocycles. The number of carbonyl (C=O) groups excluding carboxylic acids is 2. The Kier molecular flexibility index (Phi) is 5.91. The van der Waals surface area contributed by atoms with Crippen molar-refractivity contribution in [1.82, 2.24) is 9.80 Å². The van der Waals surface area contributed by atoms with Gasteiger partial charge in [0.05, 0.1) is 0 Å². The van der Waals surface area contributed by atoms with Gasteiger partial charge in [-0.05, 0) is 36.8 Å². The standard InChI is InChI=1S/C22H27N3O2/c1-17(26)18-9-11-20(12-10-18)24-13-15-25(16-14-24)21(22(27)23(2)3)19-7-5-4-6-8-19/h4-12,21H,13-16H2,1-3H3/t21-/m0/s1. The first-order valence-corrected chi connectivity index (χ1v) is 9.33. The number of rotatable bonds is 5. The normalized spacial score (nSPS) is 16.0. The van der Waals surface area contributed by atoms with E-state index in [1.54, 1.807) is 11.8 Å². The first kappa shape index (κ1) is 19.1. The number of carbonyl (C=O) groups is 2. The molecule has 0 aliphatic carbocycles. The third-order valence-electron chi connectivity index (χ3n) is 5.11. The van der Waals surface area contributed by atoms with Crippen molar-refractivity contribution in [2.45, 2.75) is 13.0 Å². The number of hydrogen-bond acceptors (Lipinski definition) is 4. The van der Waals surface area contributed by atoms with Crippen molar-refractivity contribution in [3.8, 4) is 0 Å². The molecule has 0 spiro atoms. The molecule has 0 N–H and O–H groups in total. The van der Waals surface area contributed by atoms with Crippen LogP contribution >= 0.6 is 0 Å². The molecule has 0 radical (unpaired) electrons. The summed E-state index contributed by atoms with van der Waals surface area (Å²) >= 11 is 0. The van der Waals surface area contributed by atoms with Crippen molar-refractivity contribution >= 4 is 17.4 Å². The smallest absolute Gasteiger partial charge is 0.244 e. The van der Waals surface area contributed by atoms with Crippen molar-refractivity contribution < 1.29 is 9.59 Å². The first-order valence-electron chi connectivity index (χ1n) is 9.33. The molecule has 0 bridgehead atoms. The number of ketones is 1. The van der Waals surface area contributed by atoms with Gasteiger partial charge in [-0.1, -0.05) is 30.3 Å². The van der Waals surface area contributed by atoms with E-state index in [1.165, 1.54) is 0 Å². The lowest BCUT2D eigenvalue weighted by Gasteiger charge is -2.40. The van der Waals surface area contributed by atoms with Gasteiger partial charge in [-0.25, -0.2) is 0 Å². The predicted molar refractivity (Wildman–Crippen MR) is 108 cm³/mol. The Morgan fingerprint density at radius 1 is 0.889 bits per heavy atom. The molecule has 1 aliphatic heterocycles. The quantitative estimate of drug-likeness (QED) is 0.765. The number of Topliss-reactive ketones (excluding diaryl/α,β-unsaturated/α-hetero) is 1. The topological polar surface area (TPSA) is 43.9 Å². The number of nitrogens with zero attached hydrogens (tertiary/aromatic N) is 3. The highest BCUT2D eigenvalue weighted by Crippen LogP contribution is 2.26. The third kappa shape index (κ3) is 4.37. The molecule has 1 saturated heterocycles. The first-order chi connectivity index (χ1) is 13.0. The zero-order valence-electron chi connectivity index (χ0n) is 16.3. The van der Waals surface area contributed by atoms with Gasteiger partial charge in [-0.3, -0.25) is 14.5 Å². The second kappa shape index (κ2) is 8.35. The molecule has 142 valence electrons. The van der Waals surface area contributed by atoms with Crippen molar-refractivity contribution in [1.29, 1.82) is 0 Å². The molecule has 27 heavy (non-hydrogen) atoms. The summed E-state index contributed by atoms with van der Waals surface area (Å²) < 4.78 is 0. The SMILES string of the molecule is CC(=O)c1ccc(N2CCN([C@H](C(=O)N(C)C)c3ccccc3)CC2)cc1. The van der Waals surface area contributed by atoms with Gasteiger partial charge in [-0.15, -0.1) is 0 Å². The van der Waals surface area contributed by atoms with Crippen LogP contribution in [0.5, 0.6) is 0 Å². The summed E-state index contributed by atoms with van der Waals surface area (Å²) in [6.07, 6.45) is 0. The van der Waals surface area contributed by atoms with Gasteiger partial charge in [0.1, 0.15) is 6.04 Å². The summed E-state index contributed by atoms with van der Waals surface area (Å²) in [4.78, 5) is 30.5. The molecule has 1 atom stereocenters. The third-order valence-corrected chi connectivity index (χ3v) is 5.11. The maximum Gasteiger partial charge on any atom is 0.244 e. The lowest BCUT2D eigenvalue weighted by molar-refractivity contribution is -0.134. The Balaban J connectivity index is 1.72. The minimum atomic E-state index is -0.247. The second-order valence-corrected chi connectivity index (χ2v) is 7.17. The average molecular weight is 365 g/mol. The number of likely N-dealkylation sites (N-methyl/N-ethyl adjacent to an activating group) is 1. The van der Waals surface area contributed by atoms with Crippen LogP contribution in [0.2, 0.25) is 0 Å². The fourth-order valence-electron chi connectivity index (χ4n) is 3.53. The lowest BCUT2D eigenvalue weighted by Crippen LogP contribution is -2.51. The van der Waals surface area contributed by atoms with Crippen molar-refractivity contribution in [2.24, 2.45) is 0 Å². The van der Waals surface area contributed by atoms with Crippen LogP contribution in [0.3, 0.4) is 0 Å². The summed E-state index contributed by atoms with van der Waals surface area (Å²) in [7, 11) is 3.62. The lowest BCUT2D eigenvalue weighted by atomic mass is 10.0. The van der Waals surface area contributed by atoms with Gasteiger partial charge in [0.2, 0.25) is 5.91 Å². The highest BCUT2D eigenvalue weighted by molar-refractivity contribution is 5.94. The molecule has 0 saturated carbocycles. The summed E-state index contributed by atoms with van der Waals surface area (Å²) in [6, 6.07) is 17.5. The molecule has 1 fully saturated rings. The summed E-state index contributed by atoms with van der Waals surface area (Å²) in [5.41, 5.74) is 2.89. The minimum Gasteiger partial charge on any atom is -0.369 e. The summed E-state index contributed by atoms with van der Waals surface area (Å²) in [6.45, 7) is 4.91. The van der Waals surface area contributed by atoms with E-state index in [1.807, 2.05) is 68.7 Å².